The minimum Gasteiger partial charge on any atom is -0.487 e. The molecule has 0 saturated carbocycles. The van der Waals surface area contributed by atoms with Crippen molar-refractivity contribution in [3.05, 3.63) is 59.4 Å². The van der Waals surface area contributed by atoms with Gasteiger partial charge in [-0.3, -0.25) is 9.78 Å². The van der Waals surface area contributed by atoms with Crippen LogP contribution in [-0.2, 0) is 6.61 Å². The number of carbonyl (C=O) groups excluding carboxylic acids is 1. The van der Waals surface area contributed by atoms with E-state index in [1.165, 1.54) is 0 Å². The molecule has 0 aliphatic heterocycles. The fourth-order valence-electron chi connectivity index (χ4n) is 2.08. The Morgan fingerprint density at radius 2 is 1.96 bits per heavy atom. The number of aromatic nitrogens is 1. The number of halogens is 2. The second kappa shape index (κ2) is 12.5. The number of pyridine rings is 1. The van der Waals surface area contributed by atoms with Gasteiger partial charge in [-0.25, -0.2) is 0 Å². The lowest BCUT2D eigenvalue weighted by molar-refractivity contribution is 0.0953. The summed E-state index contributed by atoms with van der Waals surface area (Å²) in [6.07, 6.45) is 2.61. The van der Waals surface area contributed by atoms with Crippen LogP contribution in [0.5, 0.6) is 5.75 Å². The number of rotatable bonds is 8. The molecule has 1 amide bonds. The summed E-state index contributed by atoms with van der Waals surface area (Å²) in [5.41, 5.74) is 2.56. The van der Waals surface area contributed by atoms with Crippen LogP contribution in [-0.4, -0.2) is 31.0 Å². The van der Waals surface area contributed by atoms with E-state index in [1.54, 1.807) is 6.20 Å². The molecule has 0 aliphatic carbocycles. The summed E-state index contributed by atoms with van der Waals surface area (Å²) in [5, 5.41) is 5.96. The lowest BCUT2D eigenvalue weighted by Gasteiger charge is -2.09. The predicted octanol–water partition coefficient (Wildman–Crippen LogP) is 3.15. The zero-order chi connectivity index (χ0) is 16.5. The minimum absolute atomic E-state index is 0. The van der Waals surface area contributed by atoms with Crippen molar-refractivity contribution in [2.24, 2.45) is 0 Å². The summed E-state index contributed by atoms with van der Waals surface area (Å²) in [7, 11) is 1.90. The van der Waals surface area contributed by atoms with Crippen LogP contribution in [0.3, 0.4) is 0 Å². The van der Waals surface area contributed by atoms with Crippen molar-refractivity contribution in [2.75, 3.05) is 20.1 Å². The average molecular weight is 386 g/mol. The topological polar surface area (TPSA) is 63.2 Å². The van der Waals surface area contributed by atoms with Gasteiger partial charge < -0.3 is 15.4 Å². The smallest absolute Gasteiger partial charge is 0.251 e. The standard InChI is InChI=1S/C18H23N3O2.2ClH/c1-14-7-8-17(12-21-14)23-13-15-5-3-6-16(11-15)18(22)20-10-4-9-19-2;;/h3,5-8,11-12,19H,4,9-10,13H2,1-2H3,(H,20,22);2*1H. The maximum absolute atomic E-state index is 12.1. The van der Waals surface area contributed by atoms with E-state index in [0.717, 1.165) is 30.0 Å². The first-order valence-corrected chi connectivity index (χ1v) is 7.76. The Hall–Kier alpha value is -1.82. The summed E-state index contributed by atoms with van der Waals surface area (Å²) in [6, 6.07) is 11.3. The highest BCUT2D eigenvalue weighted by molar-refractivity contribution is 5.94. The fraction of sp³-hybridized carbons (Fsp3) is 0.333. The largest absolute Gasteiger partial charge is 0.487 e. The third-order valence-corrected chi connectivity index (χ3v) is 3.37. The van der Waals surface area contributed by atoms with Crippen LogP contribution in [0.1, 0.15) is 28.0 Å². The number of benzene rings is 1. The van der Waals surface area contributed by atoms with E-state index in [9.17, 15) is 4.79 Å². The van der Waals surface area contributed by atoms with Crippen molar-refractivity contribution in [3.63, 3.8) is 0 Å². The normalized spacial score (nSPS) is 9.52. The van der Waals surface area contributed by atoms with Gasteiger partial charge in [-0.15, -0.1) is 24.8 Å². The monoisotopic (exact) mass is 385 g/mol. The van der Waals surface area contributed by atoms with Gasteiger partial charge in [0.1, 0.15) is 12.4 Å². The van der Waals surface area contributed by atoms with Crippen LogP contribution in [0.2, 0.25) is 0 Å². The molecule has 5 nitrogen and oxygen atoms in total. The number of amides is 1. The van der Waals surface area contributed by atoms with E-state index < -0.39 is 0 Å². The first kappa shape index (κ1) is 23.2. The number of ether oxygens (including phenoxy) is 1. The first-order valence-electron chi connectivity index (χ1n) is 7.76. The van der Waals surface area contributed by atoms with Crippen molar-refractivity contribution in [3.8, 4) is 5.75 Å². The first-order chi connectivity index (χ1) is 11.2. The number of aryl methyl sites for hydroxylation is 1. The van der Waals surface area contributed by atoms with Crippen molar-refractivity contribution in [1.82, 2.24) is 15.6 Å². The number of hydrogen-bond donors (Lipinski definition) is 2. The number of nitrogens with zero attached hydrogens (tertiary/aromatic N) is 1. The number of nitrogens with one attached hydrogen (secondary N) is 2. The molecule has 0 unspecified atom stereocenters. The Kier molecular flexibility index (Phi) is 11.6. The third kappa shape index (κ3) is 8.20. The van der Waals surface area contributed by atoms with Gasteiger partial charge in [0.2, 0.25) is 0 Å². The van der Waals surface area contributed by atoms with Crippen LogP contribution >= 0.6 is 24.8 Å². The van der Waals surface area contributed by atoms with Gasteiger partial charge in [0, 0.05) is 17.8 Å². The second-order valence-corrected chi connectivity index (χ2v) is 5.34. The van der Waals surface area contributed by atoms with Gasteiger partial charge >= 0.3 is 0 Å². The molecule has 1 aromatic heterocycles. The maximum Gasteiger partial charge on any atom is 0.251 e. The molecule has 0 saturated heterocycles. The van der Waals surface area contributed by atoms with Crippen molar-refractivity contribution >= 4 is 30.7 Å². The highest BCUT2D eigenvalue weighted by atomic mass is 35.5. The van der Waals surface area contributed by atoms with Crippen molar-refractivity contribution in [1.29, 1.82) is 0 Å². The van der Waals surface area contributed by atoms with Crippen molar-refractivity contribution < 1.29 is 9.53 Å². The minimum atomic E-state index is -0.0556. The van der Waals surface area contributed by atoms with E-state index >= 15 is 0 Å². The van der Waals surface area contributed by atoms with Crippen molar-refractivity contribution in [2.45, 2.75) is 20.0 Å². The molecule has 25 heavy (non-hydrogen) atoms. The summed E-state index contributed by atoms with van der Waals surface area (Å²) in [5.74, 6) is 0.664. The van der Waals surface area contributed by atoms with Gasteiger partial charge in [-0.05, 0) is 56.8 Å². The molecule has 0 bridgehead atoms. The van der Waals surface area contributed by atoms with Gasteiger partial charge in [0.25, 0.3) is 5.91 Å². The summed E-state index contributed by atoms with van der Waals surface area (Å²) in [4.78, 5) is 16.3. The van der Waals surface area contributed by atoms with Crippen LogP contribution < -0.4 is 15.4 Å². The zero-order valence-corrected chi connectivity index (χ0v) is 16.1. The highest BCUT2D eigenvalue weighted by Crippen LogP contribution is 2.12. The van der Waals surface area contributed by atoms with Crippen LogP contribution in [0, 0.1) is 6.92 Å². The molecule has 2 rings (SSSR count). The molecular formula is C18H25Cl2N3O2. The van der Waals surface area contributed by atoms with Crippen LogP contribution in [0.4, 0.5) is 0 Å². The lowest BCUT2D eigenvalue weighted by Crippen LogP contribution is -2.26. The molecule has 0 radical (unpaired) electrons. The molecule has 2 N–H and O–H groups in total. The second-order valence-electron chi connectivity index (χ2n) is 5.34. The molecular weight excluding hydrogens is 361 g/mol. The van der Waals surface area contributed by atoms with E-state index in [0.29, 0.717) is 18.7 Å². The quantitative estimate of drug-likeness (QED) is 0.685. The Bertz CT molecular complexity index is 636. The summed E-state index contributed by atoms with van der Waals surface area (Å²) >= 11 is 0. The molecule has 0 fully saturated rings. The van der Waals surface area contributed by atoms with E-state index in [1.807, 2.05) is 50.4 Å². The van der Waals surface area contributed by atoms with E-state index in [4.69, 9.17) is 4.74 Å². The van der Waals surface area contributed by atoms with Gasteiger partial charge in [0.05, 0.1) is 6.20 Å². The van der Waals surface area contributed by atoms with Gasteiger partial charge in [-0.2, -0.15) is 0 Å². The highest BCUT2D eigenvalue weighted by Gasteiger charge is 2.06. The predicted molar refractivity (Wildman–Crippen MR) is 105 cm³/mol. The molecule has 7 heteroatoms. The number of carbonyl (C=O) groups is 1. The zero-order valence-electron chi connectivity index (χ0n) is 14.5. The summed E-state index contributed by atoms with van der Waals surface area (Å²) in [6.45, 7) is 3.89. The Morgan fingerprint density at radius 1 is 1.16 bits per heavy atom. The Labute approximate surface area is 161 Å². The maximum atomic E-state index is 12.1. The van der Waals surface area contributed by atoms with E-state index in [2.05, 4.69) is 15.6 Å². The molecule has 1 heterocycles. The fourth-order valence-corrected chi connectivity index (χ4v) is 2.08. The van der Waals surface area contributed by atoms with Crippen LogP contribution in [0.15, 0.2) is 42.6 Å². The molecule has 138 valence electrons. The number of hydrogen-bond acceptors (Lipinski definition) is 4. The van der Waals surface area contributed by atoms with E-state index in [-0.39, 0.29) is 30.7 Å². The van der Waals surface area contributed by atoms with Gasteiger partial charge in [0.15, 0.2) is 0 Å². The summed E-state index contributed by atoms with van der Waals surface area (Å²) < 4.78 is 5.69. The molecule has 0 spiro atoms. The molecule has 1 aromatic carbocycles. The molecule has 0 aliphatic rings. The SMILES string of the molecule is CNCCCNC(=O)c1cccc(COc2ccc(C)nc2)c1.Cl.Cl. The third-order valence-electron chi connectivity index (χ3n) is 3.37. The lowest BCUT2D eigenvalue weighted by atomic mass is 10.1. The van der Waals surface area contributed by atoms with Gasteiger partial charge in [-0.1, -0.05) is 12.1 Å². The molecule has 0 atom stereocenters. The Balaban J connectivity index is 0.00000288. The average Bonchev–Trinajstić information content (AvgIpc) is 2.58. The van der Waals surface area contributed by atoms with Crippen LogP contribution in [0.25, 0.3) is 0 Å². The Morgan fingerprint density at radius 3 is 2.64 bits per heavy atom. The molecule has 2 aromatic rings.